The van der Waals surface area contributed by atoms with E-state index in [0.29, 0.717) is 0 Å². The molecule has 0 aromatic carbocycles. The Morgan fingerprint density at radius 1 is 0.543 bits per heavy atom. The third-order valence-corrected chi connectivity index (χ3v) is 6.19. The van der Waals surface area contributed by atoms with Crippen molar-refractivity contribution in [3.8, 4) is 0 Å². The third kappa shape index (κ3) is 5.67. The molecule has 0 saturated heterocycles. The van der Waals surface area contributed by atoms with E-state index in [1.807, 2.05) is 61.7 Å². The topological polar surface area (TPSA) is 70.2 Å². The van der Waals surface area contributed by atoms with Crippen LogP contribution in [0.25, 0.3) is 46.4 Å². The van der Waals surface area contributed by atoms with Gasteiger partial charge >= 0.3 is 0 Å². The Morgan fingerprint density at radius 3 is 1.26 bits per heavy atom. The summed E-state index contributed by atoms with van der Waals surface area (Å²) in [6, 6.07) is 16.4. The first-order chi connectivity index (χ1) is 16.4. The van der Waals surface area contributed by atoms with Gasteiger partial charge in [-0.1, -0.05) is 0 Å². The molecule has 0 atom stereocenters. The first-order valence-corrected chi connectivity index (χ1v) is 11.4. The van der Waals surface area contributed by atoms with Crippen LogP contribution in [-0.2, 0) is 16.5 Å². The van der Waals surface area contributed by atoms with E-state index in [1.54, 1.807) is 0 Å². The van der Waals surface area contributed by atoms with E-state index in [0.717, 1.165) is 50.5 Å². The van der Waals surface area contributed by atoms with Crippen LogP contribution >= 0.6 is 0 Å². The van der Waals surface area contributed by atoms with Gasteiger partial charge in [0.25, 0.3) is 0 Å². The van der Waals surface area contributed by atoms with Crippen LogP contribution in [0.3, 0.4) is 0 Å². The molecule has 0 amide bonds. The van der Waals surface area contributed by atoms with E-state index in [-0.39, 0.29) is 16.5 Å². The number of fused-ring (bicyclic) bond motifs is 8. The Morgan fingerprint density at radius 2 is 0.914 bits per heavy atom. The van der Waals surface area contributed by atoms with Crippen LogP contribution in [0.2, 0.25) is 0 Å². The summed E-state index contributed by atoms with van der Waals surface area (Å²) in [6.07, 6.45) is 10.0. The summed E-state index contributed by atoms with van der Waals surface area (Å²) in [7, 11) is 0. The molecule has 5 nitrogen and oxygen atoms in total. The van der Waals surface area contributed by atoms with E-state index in [1.165, 1.54) is 16.7 Å². The SMILES string of the molecule is C1=Cc2cc3ccc(cc4nc(cc5ccc(cc1n2)[nH]5)C=C4)[nH]3.Cc1cnc(C)c(C)c1C.[Ni]. The van der Waals surface area contributed by atoms with Crippen molar-refractivity contribution in [3.63, 3.8) is 0 Å². The summed E-state index contributed by atoms with van der Waals surface area (Å²) in [6.45, 7) is 8.39. The maximum Gasteiger partial charge on any atom is 0.0658 e. The predicted molar refractivity (Wildman–Crippen MR) is 142 cm³/mol. The summed E-state index contributed by atoms with van der Waals surface area (Å²) in [5.74, 6) is 0. The van der Waals surface area contributed by atoms with Gasteiger partial charge in [0.1, 0.15) is 0 Å². The number of aromatic nitrogens is 5. The van der Waals surface area contributed by atoms with Crippen molar-refractivity contribution in [3.05, 3.63) is 99.9 Å². The van der Waals surface area contributed by atoms with Crippen molar-refractivity contribution >= 4 is 46.4 Å². The van der Waals surface area contributed by atoms with Crippen LogP contribution < -0.4 is 0 Å². The van der Waals surface area contributed by atoms with Gasteiger partial charge in [0.05, 0.1) is 22.8 Å². The van der Waals surface area contributed by atoms with Crippen LogP contribution in [0.1, 0.15) is 45.2 Å². The Labute approximate surface area is 215 Å². The maximum absolute atomic E-state index is 4.63. The number of aryl methyl sites for hydroxylation is 2. The fourth-order valence-corrected chi connectivity index (χ4v) is 3.90. The Bertz CT molecular complexity index is 1400. The summed E-state index contributed by atoms with van der Waals surface area (Å²) in [4.78, 5) is 20.3. The number of nitrogens with zero attached hydrogens (tertiary/aromatic N) is 3. The van der Waals surface area contributed by atoms with Gasteiger partial charge in [0, 0.05) is 50.4 Å². The number of H-pyrrole nitrogens is 2. The van der Waals surface area contributed by atoms with E-state index in [9.17, 15) is 0 Å². The van der Waals surface area contributed by atoms with E-state index in [2.05, 4.69) is 70.0 Å². The minimum Gasteiger partial charge on any atom is -0.355 e. The van der Waals surface area contributed by atoms with Gasteiger partial charge in [-0.05, 0) is 117 Å². The standard InChI is InChI=1S/C20H14N4.C9H13N.Ni/c1-2-14-10-16-5-6-18(23-16)12-20-8-7-19(24-20)11-17-4-3-15(22-17)9-13(1)21-14;1-6-5-10-9(4)8(3)7(6)2;/h1-12,21,24H;5H,1-4H3;. The monoisotopic (exact) mass is 503 g/mol. The molecule has 0 aliphatic carbocycles. The van der Waals surface area contributed by atoms with Crippen LogP contribution in [0, 0.1) is 27.7 Å². The summed E-state index contributed by atoms with van der Waals surface area (Å²) in [5.41, 5.74) is 13.0. The van der Waals surface area contributed by atoms with Crippen LogP contribution in [0.15, 0.2) is 54.7 Å². The number of aromatic amines is 2. The molecule has 178 valence electrons. The molecule has 0 saturated carbocycles. The van der Waals surface area contributed by atoms with Crippen molar-refractivity contribution in [1.82, 2.24) is 24.9 Å². The van der Waals surface area contributed by atoms with Crippen LogP contribution in [0.5, 0.6) is 0 Å². The zero-order valence-electron chi connectivity index (χ0n) is 20.2. The maximum atomic E-state index is 4.63. The molecule has 4 aromatic heterocycles. The molecule has 8 bridgehead atoms. The van der Waals surface area contributed by atoms with Crippen molar-refractivity contribution in [2.75, 3.05) is 0 Å². The van der Waals surface area contributed by atoms with Crippen molar-refractivity contribution in [2.24, 2.45) is 0 Å². The molecule has 0 radical (unpaired) electrons. The molecular formula is C29H27N5Ni. The second-order valence-electron chi connectivity index (χ2n) is 8.68. The van der Waals surface area contributed by atoms with Gasteiger partial charge in [-0.2, -0.15) is 0 Å². The van der Waals surface area contributed by atoms with Gasteiger partial charge in [0.15, 0.2) is 0 Å². The number of pyridine rings is 1. The smallest absolute Gasteiger partial charge is 0.0658 e. The van der Waals surface area contributed by atoms with Gasteiger partial charge in [-0.25, -0.2) is 9.97 Å². The molecular weight excluding hydrogens is 477 g/mol. The molecule has 6 heteroatoms. The van der Waals surface area contributed by atoms with E-state index < -0.39 is 0 Å². The first-order valence-electron chi connectivity index (χ1n) is 11.4. The molecule has 4 aromatic rings. The molecule has 2 aliphatic heterocycles. The zero-order chi connectivity index (χ0) is 23.7. The number of nitrogens with one attached hydrogen (secondary N) is 2. The Kier molecular flexibility index (Phi) is 7.13. The van der Waals surface area contributed by atoms with Gasteiger partial charge in [-0.3, -0.25) is 4.98 Å². The average Bonchev–Trinajstić information content (AvgIpc) is 3.61. The Hall–Kier alpha value is -3.76. The number of hydrogen-bond donors (Lipinski definition) is 2. The van der Waals surface area contributed by atoms with Crippen LogP contribution in [-0.4, -0.2) is 24.9 Å². The van der Waals surface area contributed by atoms with Gasteiger partial charge in [0.2, 0.25) is 0 Å². The van der Waals surface area contributed by atoms with Crippen LogP contribution in [0.4, 0.5) is 0 Å². The minimum absolute atomic E-state index is 0. The second kappa shape index (κ2) is 10.2. The molecule has 0 spiro atoms. The summed E-state index contributed by atoms with van der Waals surface area (Å²) >= 11 is 0. The van der Waals surface area contributed by atoms with Crippen molar-refractivity contribution in [1.29, 1.82) is 0 Å². The summed E-state index contributed by atoms with van der Waals surface area (Å²) in [5, 5.41) is 0. The molecule has 2 N–H and O–H groups in total. The van der Waals surface area contributed by atoms with E-state index >= 15 is 0 Å². The Balaban J connectivity index is 0.000000224. The molecule has 6 rings (SSSR count). The number of hydrogen-bond acceptors (Lipinski definition) is 3. The molecule has 2 aliphatic rings. The normalized spacial score (nSPS) is 11.5. The number of rotatable bonds is 0. The minimum atomic E-state index is 0. The average molecular weight is 504 g/mol. The fourth-order valence-electron chi connectivity index (χ4n) is 3.90. The fraction of sp³-hybridized carbons (Fsp3) is 0.138. The van der Waals surface area contributed by atoms with Gasteiger partial charge in [-0.15, -0.1) is 0 Å². The molecule has 6 heterocycles. The quantitative estimate of drug-likeness (QED) is 0.220. The first kappa shape index (κ1) is 24.4. The third-order valence-electron chi connectivity index (χ3n) is 6.19. The van der Waals surface area contributed by atoms with Crippen molar-refractivity contribution < 1.29 is 16.5 Å². The molecule has 0 fully saturated rings. The molecule has 0 unspecified atom stereocenters. The molecule has 35 heavy (non-hydrogen) atoms. The van der Waals surface area contributed by atoms with Crippen molar-refractivity contribution in [2.45, 2.75) is 27.7 Å². The predicted octanol–water partition coefficient (Wildman–Crippen LogP) is 6.97. The van der Waals surface area contributed by atoms with Gasteiger partial charge < -0.3 is 9.97 Å². The van der Waals surface area contributed by atoms with E-state index in [4.69, 9.17) is 0 Å². The second-order valence-corrected chi connectivity index (χ2v) is 8.68. The zero-order valence-corrected chi connectivity index (χ0v) is 21.2. The summed E-state index contributed by atoms with van der Waals surface area (Å²) < 4.78 is 0. The largest absolute Gasteiger partial charge is 0.355 e.